The summed E-state index contributed by atoms with van der Waals surface area (Å²) in [5.74, 6) is -0.317. The molecule has 1 heterocycles. The van der Waals surface area contributed by atoms with E-state index in [0.29, 0.717) is 24.2 Å². The van der Waals surface area contributed by atoms with Gasteiger partial charge in [0.25, 0.3) is 5.91 Å². The lowest BCUT2D eigenvalue weighted by molar-refractivity contribution is -0.137. The number of imide groups is 1. The summed E-state index contributed by atoms with van der Waals surface area (Å²) in [5, 5.41) is 0. The lowest BCUT2D eigenvalue weighted by Gasteiger charge is -2.42. The number of benzene rings is 2. The number of carbonyl (C=O) groups is 2. The third kappa shape index (κ3) is 2.60. The minimum Gasteiger partial charge on any atom is -0.278 e. The zero-order chi connectivity index (χ0) is 19.4. The highest BCUT2D eigenvalue weighted by atomic mass is 19.4. The zero-order valence-corrected chi connectivity index (χ0v) is 14.6. The summed E-state index contributed by atoms with van der Waals surface area (Å²) in [7, 11) is 0. The van der Waals surface area contributed by atoms with Crippen LogP contribution in [0.4, 0.5) is 29.3 Å². The predicted octanol–water partition coefficient (Wildman–Crippen LogP) is 4.91. The monoisotopic (exact) mass is 374 g/mol. The minimum absolute atomic E-state index is 0.302. The molecule has 0 unspecified atom stereocenters. The van der Waals surface area contributed by atoms with Gasteiger partial charge in [-0.2, -0.15) is 13.2 Å². The van der Waals surface area contributed by atoms with Gasteiger partial charge in [-0.1, -0.05) is 17.7 Å². The topological polar surface area (TPSA) is 40.6 Å². The van der Waals surface area contributed by atoms with Crippen LogP contribution in [-0.2, 0) is 11.0 Å². The van der Waals surface area contributed by atoms with Gasteiger partial charge in [0.05, 0.1) is 11.3 Å². The van der Waals surface area contributed by atoms with Crippen molar-refractivity contribution in [3.63, 3.8) is 0 Å². The summed E-state index contributed by atoms with van der Waals surface area (Å²) < 4.78 is 38.5. The summed E-state index contributed by atoms with van der Waals surface area (Å²) in [6.07, 6.45) is -2.66. The molecule has 0 aromatic heterocycles. The maximum Gasteiger partial charge on any atom is 0.416 e. The number of nitrogens with zero attached hydrogens (tertiary/aromatic N) is 2. The van der Waals surface area contributed by atoms with Crippen LogP contribution < -0.4 is 9.80 Å². The summed E-state index contributed by atoms with van der Waals surface area (Å²) in [4.78, 5) is 28.7. The minimum atomic E-state index is -4.45. The van der Waals surface area contributed by atoms with E-state index in [1.54, 1.807) is 12.1 Å². The Labute approximate surface area is 154 Å². The SMILES string of the molecule is Cc1ccc(N2C(=O)N(c3ccc(C(F)(F)F)cc3)C3(CCC3)C2=O)cc1. The Balaban J connectivity index is 1.75. The Morgan fingerprint density at radius 3 is 1.93 bits per heavy atom. The first-order valence-electron chi connectivity index (χ1n) is 8.67. The molecule has 2 aliphatic rings. The predicted molar refractivity (Wildman–Crippen MR) is 94.6 cm³/mol. The lowest BCUT2D eigenvalue weighted by Crippen LogP contribution is -2.55. The van der Waals surface area contributed by atoms with Crippen LogP contribution in [0.3, 0.4) is 0 Å². The largest absolute Gasteiger partial charge is 0.416 e. The second-order valence-electron chi connectivity index (χ2n) is 7.02. The number of rotatable bonds is 2. The molecular formula is C20H17F3N2O2. The quantitative estimate of drug-likeness (QED) is 0.701. The van der Waals surface area contributed by atoms with Crippen molar-refractivity contribution in [2.75, 3.05) is 9.80 Å². The molecule has 140 valence electrons. The van der Waals surface area contributed by atoms with Crippen LogP contribution in [0.5, 0.6) is 0 Å². The van der Waals surface area contributed by atoms with E-state index < -0.39 is 23.3 Å². The molecule has 0 radical (unpaired) electrons. The van der Waals surface area contributed by atoms with Gasteiger partial charge in [-0.15, -0.1) is 0 Å². The summed E-state index contributed by atoms with van der Waals surface area (Å²) >= 11 is 0. The summed E-state index contributed by atoms with van der Waals surface area (Å²) in [6.45, 7) is 1.90. The molecule has 27 heavy (non-hydrogen) atoms. The van der Waals surface area contributed by atoms with Gasteiger partial charge < -0.3 is 0 Å². The third-order valence-corrected chi connectivity index (χ3v) is 5.34. The smallest absolute Gasteiger partial charge is 0.278 e. The van der Waals surface area contributed by atoms with Crippen LogP contribution in [0.25, 0.3) is 0 Å². The standard InChI is InChI=1S/C20H17F3N2O2/c1-13-3-7-15(8-4-13)24-17(26)19(11-2-12-19)25(18(24)27)16-9-5-14(6-10-16)20(21,22)23/h3-10H,2,11-12H2,1H3. The van der Waals surface area contributed by atoms with Crippen LogP contribution >= 0.6 is 0 Å². The van der Waals surface area contributed by atoms with Gasteiger partial charge in [0.1, 0.15) is 5.54 Å². The number of carbonyl (C=O) groups excluding carboxylic acids is 2. The Hall–Kier alpha value is -2.83. The summed E-state index contributed by atoms with van der Waals surface area (Å²) in [6, 6.07) is 10.9. The van der Waals surface area contributed by atoms with E-state index in [1.807, 2.05) is 19.1 Å². The van der Waals surface area contributed by atoms with Crippen LogP contribution in [-0.4, -0.2) is 17.5 Å². The van der Waals surface area contributed by atoms with Gasteiger partial charge >= 0.3 is 12.2 Å². The van der Waals surface area contributed by atoms with Crippen LogP contribution in [0.2, 0.25) is 0 Å². The molecule has 1 saturated heterocycles. The highest BCUT2D eigenvalue weighted by Gasteiger charge is 2.61. The average molecular weight is 374 g/mol. The molecule has 2 aromatic carbocycles. The van der Waals surface area contributed by atoms with E-state index in [4.69, 9.17) is 0 Å². The highest BCUT2D eigenvalue weighted by Crippen LogP contribution is 2.47. The molecular weight excluding hydrogens is 357 g/mol. The van der Waals surface area contributed by atoms with Crippen LogP contribution in [0.15, 0.2) is 48.5 Å². The molecule has 3 amide bonds. The van der Waals surface area contributed by atoms with E-state index >= 15 is 0 Å². The molecule has 2 fully saturated rings. The lowest BCUT2D eigenvalue weighted by atomic mass is 9.75. The van der Waals surface area contributed by atoms with E-state index in [9.17, 15) is 22.8 Å². The highest BCUT2D eigenvalue weighted by molar-refractivity contribution is 6.30. The van der Waals surface area contributed by atoms with Gasteiger partial charge in [0.15, 0.2) is 0 Å². The van der Waals surface area contributed by atoms with Crippen molar-refractivity contribution < 1.29 is 22.8 Å². The average Bonchev–Trinajstić information content (AvgIpc) is 2.82. The first-order valence-corrected chi connectivity index (χ1v) is 8.67. The fourth-order valence-corrected chi connectivity index (χ4v) is 3.70. The van der Waals surface area contributed by atoms with Crippen molar-refractivity contribution in [3.05, 3.63) is 59.7 Å². The van der Waals surface area contributed by atoms with Crippen molar-refractivity contribution >= 4 is 23.3 Å². The fourth-order valence-electron chi connectivity index (χ4n) is 3.70. The molecule has 2 aromatic rings. The van der Waals surface area contributed by atoms with Crippen molar-refractivity contribution in [2.24, 2.45) is 0 Å². The maximum atomic E-state index is 13.1. The molecule has 1 spiro atoms. The van der Waals surface area contributed by atoms with E-state index in [0.717, 1.165) is 29.0 Å². The van der Waals surface area contributed by atoms with Gasteiger partial charge in [-0.3, -0.25) is 9.69 Å². The number of aryl methyl sites for hydroxylation is 1. The number of urea groups is 1. The molecule has 0 bridgehead atoms. The van der Waals surface area contributed by atoms with Crippen molar-refractivity contribution in [1.82, 2.24) is 0 Å². The van der Waals surface area contributed by atoms with Crippen molar-refractivity contribution in [3.8, 4) is 0 Å². The van der Waals surface area contributed by atoms with E-state index in [1.165, 1.54) is 17.0 Å². The molecule has 4 rings (SSSR count). The first kappa shape index (κ1) is 17.6. The number of anilines is 2. The van der Waals surface area contributed by atoms with Gasteiger partial charge in [0, 0.05) is 5.69 Å². The Kier molecular flexibility index (Phi) is 3.80. The number of hydrogen-bond donors (Lipinski definition) is 0. The molecule has 7 heteroatoms. The van der Waals surface area contributed by atoms with Crippen LogP contribution in [0.1, 0.15) is 30.4 Å². The Bertz CT molecular complexity index is 900. The zero-order valence-electron chi connectivity index (χ0n) is 14.6. The Morgan fingerprint density at radius 2 is 1.44 bits per heavy atom. The van der Waals surface area contributed by atoms with E-state index in [2.05, 4.69) is 0 Å². The fraction of sp³-hybridized carbons (Fsp3) is 0.300. The number of hydrogen-bond acceptors (Lipinski definition) is 2. The van der Waals surface area contributed by atoms with E-state index in [-0.39, 0.29) is 5.91 Å². The molecule has 0 N–H and O–H groups in total. The van der Waals surface area contributed by atoms with Crippen molar-refractivity contribution in [2.45, 2.75) is 37.9 Å². The second-order valence-corrected chi connectivity index (χ2v) is 7.02. The van der Waals surface area contributed by atoms with Gasteiger partial charge in [0.2, 0.25) is 0 Å². The molecule has 1 aliphatic heterocycles. The second kappa shape index (κ2) is 5.84. The molecule has 4 nitrogen and oxygen atoms in total. The van der Waals surface area contributed by atoms with Crippen molar-refractivity contribution in [1.29, 1.82) is 0 Å². The maximum absolute atomic E-state index is 13.1. The van der Waals surface area contributed by atoms with Crippen LogP contribution in [0, 0.1) is 6.92 Å². The normalized spacial score (nSPS) is 19.0. The first-order chi connectivity index (χ1) is 12.7. The molecule has 0 atom stereocenters. The molecule has 1 aliphatic carbocycles. The molecule has 1 saturated carbocycles. The number of halogens is 3. The Morgan fingerprint density at radius 1 is 0.889 bits per heavy atom. The third-order valence-electron chi connectivity index (χ3n) is 5.34. The number of alkyl halides is 3. The van der Waals surface area contributed by atoms with Gasteiger partial charge in [-0.25, -0.2) is 9.69 Å². The van der Waals surface area contributed by atoms with Gasteiger partial charge in [-0.05, 0) is 62.6 Å². The summed E-state index contributed by atoms with van der Waals surface area (Å²) in [5.41, 5.74) is -0.0214. The number of amides is 3.